The van der Waals surface area contributed by atoms with Crippen molar-refractivity contribution in [1.29, 1.82) is 0 Å². The second kappa shape index (κ2) is 5.65. The molecule has 0 aliphatic rings. The number of nitrogens with zero attached hydrogens (tertiary/aromatic N) is 1. The molecule has 1 aromatic heterocycles. The average molecular weight is 267 g/mol. The third-order valence-electron chi connectivity index (χ3n) is 1.92. The van der Waals surface area contributed by atoms with Gasteiger partial charge < -0.3 is 4.52 Å². The van der Waals surface area contributed by atoms with Crippen molar-refractivity contribution < 1.29 is 12.9 Å². The van der Waals surface area contributed by atoms with Gasteiger partial charge in [-0.05, 0) is 12.8 Å². The lowest BCUT2D eigenvalue weighted by Gasteiger charge is -2.08. The van der Waals surface area contributed by atoms with E-state index in [9.17, 15) is 8.42 Å². The number of alkyl halides is 1. The highest BCUT2D eigenvalue weighted by Gasteiger charge is 2.15. The molecule has 5 nitrogen and oxygen atoms in total. The van der Waals surface area contributed by atoms with Crippen LogP contribution in [0.15, 0.2) is 10.6 Å². The summed E-state index contributed by atoms with van der Waals surface area (Å²) in [6, 6.07) is 1.69. The van der Waals surface area contributed by atoms with Gasteiger partial charge in [-0.25, -0.2) is 13.1 Å². The van der Waals surface area contributed by atoms with Crippen LogP contribution in [0.5, 0.6) is 0 Å². The average Bonchev–Trinajstić information content (AvgIpc) is 2.61. The minimum absolute atomic E-state index is 0.0212. The van der Waals surface area contributed by atoms with Gasteiger partial charge in [-0.3, -0.25) is 0 Å². The molecule has 0 saturated carbocycles. The Morgan fingerprint density at radius 3 is 2.81 bits per heavy atom. The summed E-state index contributed by atoms with van der Waals surface area (Å²) in [7, 11) is -3.30. The highest BCUT2D eigenvalue weighted by atomic mass is 35.5. The van der Waals surface area contributed by atoms with E-state index >= 15 is 0 Å². The minimum atomic E-state index is -3.30. The first-order valence-corrected chi connectivity index (χ1v) is 7.07. The Morgan fingerprint density at radius 2 is 2.31 bits per heavy atom. The van der Waals surface area contributed by atoms with Crippen LogP contribution >= 0.6 is 11.6 Å². The molecular weight excluding hydrogens is 252 g/mol. The van der Waals surface area contributed by atoms with Crippen LogP contribution in [0.3, 0.4) is 0 Å². The van der Waals surface area contributed by atoms with Crippen LogP contribution in [0.4, 0.5) is 0 Å². The molecule has 1 aromatic rings. The van der Waals surface area contributed by atoms with Crippen LogP contribution in [0, 0.1) is 12.8 Å². The molecule has 0 bridgehead atoms. The number of sulfonamides is 1. The molecule has 92 valence electrons. The van der Waals surface area contributed by atoms with E-state index in [0.717, 1.165) is 0 Å². The first kappa shape index (κ1) is 13.5. The van der Waals surface area contributed by atoms with Gasteiger partial charge in [0.2, 0.25) is 10.0 Å². The maximum Gasteiger partial charge on any atom is 0.212 e. The molecule has 0 amide bonds. The smallest absolute Gasteiger partial charge is 0.212 e. The molecule has 1 unspecified atom stereocenters. The largest absolute Gasteiger partial charge is 0.361 e. The van der Waals surface area contributed by atoms with Gasteiger partial charge in [0.05, 0.1) is 18.0 Å². The number of hydrogen-bond donors (Lipinski definition) is 1. The minimum Gasteiger partial charge on any atom is -0.361 e. The van der Waals surface area contributed by atoms with E-state index in [1.165, 1.54) is 0 Å². The predicted molar refractivity (Wildman–Crippen MR) is 61.8 cm³/mol. The van der Waals surface area contributed by atoms with Crippen molar-refractivity contribution in [2.24, 2.45) is 5.92 Å². The molecule has 0 aliphatic carbocycles. The van der Waals surface area contributed by atoms with Crippen molar-refractivity contribution in [2.45, 2.75) is 20.4 Å². The number of rotatable bonds is 6. The lowest BCUT2D eigenvalue weighted by atomic mass is 10.3. The molecule has 1 N–H and O–H groups in total. The zero-order chi connectivity index (χ0) is 12.2. The van der Waals surface area contributed by atoms with Gasteiger partial charge in [-0.2, -0.15) is 0 Å². The predicted octanol–water partition coefficient (Wildman–Crippen LogP) is 1.28. The standard InChI is InChI=1S/C9H15ClN2O3S/c1-7(4-10)6-16(13,14)11-5-9-3-8(2)15-12-9/h3,7,11H,4-6H2,1-2H3. The second-order valence-electron chi connectivity index (χ2n) is 3.79. The molecule has 0 saturated heterocycles. The molecule has 16 heavy (non-hydrogen) atoms. The molecule has 0 radical (unpaired) electrons. The Balaban J connectivity index is 2.48. The first-order valence-electron chi connectivity index (χ1n) is 4.88. The maximum atomic E-state index is 11.6. The van der Waals surface area contributed by atoms with E-state index in [4.69, 9.17) is 16.1 Å². The fraction of sp³-hybridized carbons (Fsp3) is 0.667. The number of aryl methyl sites for hydroxylation is 1. The van der Waals surface area contributed by atoms with Crippen LogP contribution in [0.2, 0.25) is 0 Å². The Bertz CT molecular complexity index is 430. The van der Waals surface area contributed by atoms with Gasteiger partial charge in [0.25, 0.3) is 0 Å². The van der Waals surface area contributed by atoms with E-state index in [1.807, 2.05) is 0 Å². The molecule has 0 spiro atoms. The molecular formula is C9H15ClN2O3S. The summed E-state index contributed by atoms with van der Waals surface area (Å²) in [5, 5.41) is 3.69. The third-order valence-corrected chi connectivity index (χ3v) is 4.04. The lowest BCUT2D eigenvalue weighted by molar-refractivity contribution is 0.390. The number of nitrogens with one attached hydrogen (secondary N) is 1. The lowest BCUT2D eigenvalue weighted by Crippen LogP contribution is -2.29. The van der Waals surface area contributed by atoms with Crippen molar-refractivity contribution in [2.75, 3.05) is 11.6 Å². The zero-order valence-corrected chi connectivity index (χ0v) is 10.8. The molecule has 0 aromatic carbocycles. The van der Waals surface area contributed by atoms with Crippen LogP contribution in [-0.2, 0) is 16.6 Å². The molecule has 0 aliphatic heterocycles. The normalized spacial score (nSPS) is 13.9. The van der Waals surface area contributed by atoms with Gasteiger partial charge >= 0.3 is 0 Å². The van der Waals surface area contributed by atoms with Crippen LogP contribution in [0.1, 0.15) is 18.4 Å². The van der Waals surface area contributed by atoms with E-state index in [0.29, 0.717) is 17.3 Å². The molecule has 1 rings (SSSR count). The SMILES string of the molecule is Cc1cc(CNS(=O)(=O)CC(C)CCl)no1. The monoisotopic (exact) mass is 266 g/mol. The fourth-order valence-corrected chi connectivity index (χ4v) is 2.75. The first-order chi connectivity index (χ1) is 7.43. The number of halogens is 1. The van der Waals surface area contributed by atoms with Crippen molar-refractivity contribution in [3.63, 3.8) is 0 Å². The fourth-order valence-electron chi connectivity index (χ4n) is 1.16. The summed E-state index contributed by atoms with van der Waals surface area (Å²) >= 11 is 5.56. The Kier molecular flexibility index (Phi) is 4.76. The highest BCUT2D eigenvalue weighted by molar-refractivity contribution is 7.89. The third kappa shape index (κ3) is 4.51. The summed E-state index contributed by atoms with van der Waals surface area (Å²) in [5.41, 5.74) is 0.569. The Morgan fingerprint density at radius 1 is 1.62 bits per heavy atom. The maximum absolute atomic E-state index is 11.6. The summed E-state index contributed by atoms with van der Waals surface area (Å²) < 4.78 is 30.4. The van der Waals surface area contributed by atoms with Gasteiger partial charge in [0, 0.05) is 11.9 Å². The van der Waals surface area contributed by atoms with Crippen LogP contribution < -0.4 is 4.72 Å². The van der Waals surface area contributed by atoms with E-state index in [2.05, 4.69) is 9.88 Å². The summed E-state index contributed by atoms with van der Waals surface area (Å²) in [6.45, 7) is 3.68. The molecule has 7 heteroatoms. The molecule has 1 atom stereocenters. The van der Waals surface area contributed by atoms with E-state index in [-0.39, 0.29) is 18.2 Å². The van der Waals surface area contributed by atoms with Crippen LogP contribution in [0.25, 0.3) is 0 Å². The summed E-state index contributed by atoms with van der Waals surface area (Å²) in [6.07, 6.45) is 0. The quantitative estimate of drug-likeness (QED) is 0.788. The van der Waals surface area contributed by atoms with Crippen molar-refractivity contribution in [3.8, 4) is 0 Å². The van der Waals surface area contributed by atoms with E-state index in [1.54, 1.807) is 19.9 Å². The second-order valence-corrected chi connectivity index (χ2v) is 5.95. The van der Waals surface area contributed by atoms with Crippen molar-refractivity contribution in [3.05, 3.63) is 17.5 Å². The van der Waals surface area contributed by atoms with E-state index < -0.39 is 10.0 Å². The Hall–Kier alpha value is -0.590. The van der Waals surface area contributed by atoms with Crippen molar-refractivity contribution >= 4 is 21.6 Å². The van der Waals surface area contributed by atoms with Crippen molar-refractivity contribution in [1.82, 2.24) is 9.88 Å². The van der Waals surface area contributed by atoms with Gasteiger partial charge in [-0.1, -0.05) is 12.1 Å². The zero-order valence-electron chi connectivity index (χ0n) is 9.23. The number of aromatic nitrogens is 1. The Labute approximate surface area is 100 Å². The molecule has 0 fully saturated rings. The highest BCUT2D eigenvalue weighted by Crippen LogP contribution is 2.04. The van der Waals surface area contributed by atoms with Gasteiger partial charge in [0.15, 0.2) is 0 Å². The summed E-state index contributed by atoms with van der Waals surface area (Å²) in [4.78, 5) is 0. The topological polar surface area (TPSA) is 72.2 Å². The molecule has 1 heterocycles. The van der Waals surface area contributed by atoms with Crippen LogP contribution in [-0.4, -0.2) is 25.2 Å². The summed E-state index contributed by atoms with van der Waals surface area (Å²) in [5.74, 6) is 0.929. The van der Waals surface area contributed by atoms with Gasteiger partial charge in [0.1, 0.15) is 5.76 Å². The van der Waals surface area contributed by atoms with Gasteiger partial charge in [-0.15, -0.1) is 11.6 Å². The number of hydrogen-bond acceptors (Lipinski definition) is 4.